The number of carbonyl (C=O) groups is 1. The minimum absolute atomic E-state index is 0.231. The number of anilines is 2. The Hall–Kier alpha value is -3.39. The van der Waals surface area contributed by atoms with Crippen molar-refractivity contribution in [1.29, 1.82) is 0 Å². The van der Waals surface area contributed by atoms with Crippen molar-refractivity contribution in [2.75, 3.05) is 29.4 Å². The average molecular weight is 451 g/mol. The molecule has 1 aliphatic rings. The Balaban J connectivity index is 1.49. The molecule has 4 aromatic rings. The second-order valence-corrected chi connectivity index (χ2v) is 8.52. The number of aromatic nitrogens is 4. The standard InChI is InChI=1S/C23H23ClN6O2/c1-15-11-17(14-31)22(30-25-6-7-26-30)20(12-15)29-10-9-28(8-5-16(29)2)23-27-19-13-18(24)3-4-21(19)32-23/h3-4,6-7,11-14,16H,5,8-10H2,1-2H3/t16-/m1/s1. The van der Waals surface area contributed by atoms with Gasteiger partial charge in [0.05, 0.1) is 18.1 Å². The zero-order valence-electron chi connectivity index (χ0n) is 17.9. The van der Waals surface area contributed by atoms with E-state index in [2.05, 4.69) is 38.0 Å². The SMILES string of the molecule is Cc1cc(C=O)c(-n2nccn2)c(N2CCN(c3nc4cc(Cl)ccc4o3)CC[C@H]2C)c1. The van der Waals surface area contributed by atoms with Crippen LogP contribution in [0, 0.1) is 6.92 Å². The number of hydrogen-bond acceptors (Lipinski definition) is 7. The van der Waals surface area contributed by atoms with Crippen LogP contribution in [0.5, 0.6) is 0 Å². The molecule has 0 amide bonds. The average Bonchev–Trinajstić information content (AvgIpc) is 3.41. The molecule has 0 N–H and O–H groups in total. The summed E-state index contributed by atoms with van der Waals surface area (Å²) < 4.78 is 6.00. The highest BCUT2D eigenvalue weighted by atomic mass is 35.5. The second kappa shape index (κ2) is 8.27. The molecule has 3 heterocycles. The Morgan fingerprint density at radius 3 is 2.72 bits per heavy atom. The quantitative estimate of drug-likeness (QED) is 0.429. The number of aryl methyl sites for hydroxylation is 1. The van der Waals surface area contributed by atoms with Gasteiger partial charge in [-0.05, 0) is 56.2 Å². The van der Waals surface area contributed by atoms with Crippen LogP contribution in [-0.2, 0) is 0 Å². The van der Waals surface area contributed by atoms with E-state index >= 15 is 0 Å². The van der Waals surface area contributed by atoms with Crippen molar-refractivity contribution >= 4 is 40.7 Å². The highest BCUT2D eigenvalue weighted by Crippen LogP contribution is 2.32. The van der Waals surface area contributed by atoms with E-state index in [0.29, 0.717) is 22.3 Å². The van der Waals surface area contributed by atoms with Crippen LogP contribution < -0.4 is 9.80 Å². The summed E-state index contributed by atoms with van der Waals surface area (Å²) in [5, 5.41) is 9.23. The van der Waals surface area contributed by atoms with Gasteiger partial charge in [-0.2, -0.15) is 15.2 Å². The van der Waals surface area contributed by atoms with Crippen LogP contribution in [0.3, 0.4) is 0 Å². The fraction of sp³-hybridized carbons (Fsp3) is 0.304. The lowest BCUT2D eigenvalue weighted by atomic mass is 10.1. The molecule has 0 radical (unpaired) electrons. The molecule has 2 aromatic carbocycles. The molecule has 8 nitrogen and oxygen atoms in total. The molecule has 0 unspecified atom stereocenters. The number of hydrogen-bond donors (Lipinski definition) is 0. The number of benzene rings is 2. The lowest BCUT2D eigenvalue weighted by Gasteiger charge is -2.31. The number of rotatable bonds is 4. The van der Waals surface area contributed by atoms with Crippen LogP contribution in [-0.4, -0.2) is 51.9 Å². The van der Waals surface area contributed by atoms with Gasteiger partial charge in [0.2, 0.25) is 0 Å². The second-order valence-electron chi connectivity index (χ2n) is 8.08. The summed E-state index contributed by atoms with van der Waals surface area (Å²) in [6.45, 7) is 6.45. The van der Waals surface area contributed by atoms with E-state index in [4.69, 9.17) is 16.0 Å². The van der Waals surface area contributed by atoms with Crippen molar-refractivity contribution in [2.45, 2.75) is 26.3 Å². The zero-order valence-corrected chi connectivity index (χ0v) is 18.7. The number of carbonyl (C=O) groups excluding carboxylic acids is 1. The fourth-order valence-electron chi connectivity index (χ4n) is 4.28. The molecule has 1 aliphatic heterocycles. The van der Waals surface area contributed by atoms with Crippen molar-refractivity contribution < 1.29 is 9.21 Å². The fourth-order valence-corrected chi connectivity index (χ4v) is 4.44. The van der Waals surface area contributed by atoms with Crippen LogP contribution in [0.25, 0.3) is 16.8 Å². The van der Waals surface area contributed by atoms with Gasteiger partial charge in [0, 0.05) is 36.3 Å². The predicted molar refractivity (Wildman–Crippen MR) is 124 cm³/mol. The summed E-state index contributed by atoms with van der Waals surface area (Å²) in [4.78, 5) is 22.5. The van der Waals surface area contributed by atoms with E-state index in [0.717, 1.165) is 54.7 Å². The Bertz CT molecular complexity index is 1270. The first-order valence-electron chi connectivity index (χ1n) is 10.6. The van der Waals surface area contributed by atoms with E-state index in [9.17, 15) is 4.79 Å². The van der Waals surface area contributed by atoms with Crippen molar-refractivity contribution in [1.82, 2.24) is 20.0 Å². The minimum Gasteiger partial charge on any atom is -0.423 e. The molecule has 0 spiro atoms. The Morgan fingerprint density at radius 1 is 1.12 bits per heavy atom. The molecule has 1 atom stereocenters. The predicted octanol–water partition coefficient (Wildman–Crippen LogP) is 4.29. The van der Waals surface area contributed by atoms with Gasteiger partial charge in [-0.15, -0.1) is 4.80 Å². The van der Waals surface area contributed by atoms with Gasteiger partial charge >= 0.3 is 0 Å². The zero-order chi connectivity index (χ0) is 22.2. The van der Waals surface area contributed by atoms with Gasteiger partial charge < -0.3 is 14.2 Å². The summed E-state index contributed by atoms with van der Waals surface area (Å²) in [5.41, 5.74) is 4.71. The largest absolute Gasteiger partial charge is 0.423 e. The first-order valence-corrected chi connectivity index (χ1v) is 11.0. The minimum atomic E-state index is 0.231. The Morgan fingerprint density at radius 2 is 1.94 bits per heavy atom. The number of aldehydes is 1. The van der Waals surface area contributed by atoms with Gasteiger partial charge in [0.25, 0.3) is 6.01 Å². The third-order valence-electron chi connectivity index (χ3n) is 5.89. The first kappa shape index (κ1) is 20.5. The van der Waals surface area contributed by atoms with Gasteiger partial charge in [-0.25, -0.2) is 0 Å². The monoisotopic (exact) mass is 450 g/mol. The normalized spacial score (nSPS) is 17.0. The van der Waals surface area contributed by atoms with Crippen LogP contribution in [0.15, 0.2) is 47.1 Å². The summed E-state index contributed by atoms with van der Waals surface area (Å²) >= 11 is 6.10. The molecule has 9 heteroatoms. The third kappa shape index (κ3) is 3.71. The van der Waals surface area contributed by atoms with E-state index in [1.165, 1.54) is 4.80 Å². The lowest BCUT2D eigenvalue weighted by molar-refractivity contribution is 0.112. The number of oxazole rings is 1. The maximum Gasteiger partial charge on any atom is 0.298 e. The molecule has 5 rings (SSSR count). The molecule has 32 heavy (non-hydrogen) atoms. The maximum absolute atomic E-state index is 11.9. The van der Waals surface area contributed by atoms with Crippen molar-refractivity contribution in [3.63, 3.8) is 0 Å². The first-order chi connectivity index (χ1) is 15.5. The highest BCUT2D eigenvalue weighted by Gasteiger charge is 2.27. The van der Waals surface area contributed by atoms with Crippen LogP contribution in [0.1, 0.15) is 29.3 Å². The van der Waals surface area contributed by atoms with E-state index < -0.39 is 0 Å². The molecule has 164 valence electrons. The molecule has 1 fully saturated rings. The Labute approximate surface area is 190 Å². The summed E-state index contributed by atoms with van der Waals surface area (Å²) in [6.07, 6.45) is 5.00. The van der Waals surface area contributed by atoms with Crippen molar-refractivity contribution in [3.8, 4) is 5.69 Å². The van der Waals surface area contributed by atoms with E-state index in [1.54, 1.807) is 18.5 Å². The van der Waals surface area contributed by atoms with Gasteiger partial charge in [-0.3, -0.25) is 4.79 Å². The summed E-state index contributed by atoms with van der Waals surface area (Å²) in [5.74, 6) is 0. The van der Waals surface area contributed by atoms with Crippen molar-refractivity contribution in [3.05, 3.63) is 58.9 Å². The molecular formula is C23H23ClN6O2. The van der Waals surface area contributed by atoms with Crippen LogP contribution in [0.4, 0.5) is 11.7 Å². The summed E-state index contributed by atoms with van der Waals surface area (Å²) in [7, 11) is 0. The van der Waals surface area contributed by atoms with Crippen LogP contribution in [0.2, 0.25) is 5.02 Å². The number of halogens is 1. The molecule has 1 saturated heterocycles. The van der Waals surface area contributed by atoms with Crippen molar-refractivity contribution in [2.24, 2.45) is 0 Å². The van der Waals surface area contributed by atoms with E-state index in [-0.39, 0.29) is 6.04 Å². The number of fused-ring (bicyclic) bond motifs is 1. The van der Waals surface area contributed by atoms with Crippen LogP contribution >= 0.6 is 11.6 Å². The maximum atomic E-state index is 11.9. The summed E-state index contributed by atoms with van der Waals surface area (Å²) in [6, 6.07) is 10.3. The number of nitrogens with zero attached hydrogens (tertiary/aromatic N) is 6. The molecular weight excluding hydrogens is 428 g/mol. The van der Waals surface area contributed by atoms with Gasteiger partial charge in [0.15, 0.2) is 11.9 Å². The third-order valence-corrected chi connectivity index (χ3v) is 6.12. The van der Waals surface area contributed by atoms with Gasteiger partial charge in [-0.1, -0.05) is 11.6 Å². The molecule has 0 bridgehead atoms. The van der Waals surface area contributed by atoms with Gasteiger partial charge in [0.1, 0.15) is 11.2 Å². The molecule has 0 aliphatic carbocycles. The highest BCUT2D eigenvalue weighted by molar-refractivity contribution is 6.31. The molecule has 0 saturated carbocycles. The smallest absolute Gasteiger partial charge is 0.298 e. The van der Waals surface area contributed by atoms with E-state index in [1.807, 2.05) is 25.1 Å². The topological polar surface area (TPSA) is 80.3 Å². The molecule has 2 aromatic heterocycles. The Kier molecular flexibility index (Phi) is 5.30. The lowest BCUT2D eigenvalue weighted by Crippen LogP contribution is -2.36.